The minimum absolute atomic E-state index is 0.00793. The highest BCUT2D eigenvalue weighted by Gasteiger charge is 2.43. The van der Waals surface area contributed by atoms with E-state index in [1.807, 2.05) is 23.1 Å². The molecule has 1 spiro atoms. The van der Waals surface area contributed by atoms with Crippen molar-refractivity contribution < 1.29 is 9.53 Å². The zero-order valence-electron chi connectivity index (χ0n) is 14.2. The van der Waals surface area contributed by atoms with Crippen LogP contribution in [0.1, 0.15) is 37.8 Å². The molecule has 0 saturated carbocycles. The first-order valence-electron chi connectivity index (χ1n) is 8.85. The quantitative estimate of drug-likeness (QED) is 0.780. The summed E-state index contributed by atoms with van der Waals surface area (Å²) in [5.41, 5.74) is 2.16. The Kier molecular flexibility index (Phi) is 3.96. The van der Waals surface area contributed by atoms with Gasteiger partial charge in [-0.1, -0.05) is 29.8 Å². The van der Waals surface area contributed by atoms with Gasteiger partial charge in [0.25, 0.3) is 0 Å². The molecule has 0 radical (unpaired) electrons. The first-order valence-corrected chi connectivity index (χ1v) is 8.85. The molecule has 1 fully saturated rings. The van der Waals surface area contributed by atoms with E-state index < -0.39 is 0 Å². The second-order valence-electron chi connectivity index (χ2n) is 7.22. The van der Waals surface area contributed by atoms with Gasteiger partial charge in [0.2, 0.25) is 0 Å². The second-order valence-corrected chi connectivity index (χ2v) is 7.22. The van der Waals surface area contributed by atoms with Gasteiger partial charge in [0, 0.05) is 38.0 Å². The first-order chi connectivity index (χ1) is 11.7. The Hall–Kier alpha value is -2.01. The third-order valence-corrected chi connectivity index (χ3v) is 5.32. The minimum Gasteiger partial charge on any atom is -0.485 e. The average molecular weight is 327 g/mol. The molecule has 0 aliphatic carbocycles. The highest BCUT2D eigenvalue weighted by Crippen LogP contribution is 2.42. The van der Waals surface area contributed by atoms with Crippen molar-refractivity contribution in [2.45, 2.75) is 37.8 Å². The van der Waals surface area contributed by atoms with Gasteiger partial charge in [0.05, 0.1) is 6.04 Å². The summed E-state index contributed by atoms with van der Waals surface area (Å²) in [5, 5.41) is 6.67. The van der Waals surface area contributed by atoms with E-state index in [4.69, 9.17) is 4.74 Å². The van der Waals surface area contributed by atoms with Crippen LogP contribution in [-0.2, 0) is 0 Å². The molecule has 5 nitrogen and oxygen atoms in total. The highest BCUT2D eigenvalue weighted by atomic mass is 16.5. The van der Waals surface area contributed by atoms with Crippen LogP contribution in [0.3, 0.4) is 0 Å². The molecule has 24 heavy (non-hydrogen) atoms. The molecule has 1 aromatic carbocycles. The Labute approximate surface area is 143 Å². The number of fused-ring (bicyclic) bond motifs is 1. The minimum atomic E-state index is -0.190. The van der Waals surface area contributed by atoms with Gasteiger partial charge in [0.15, 0.2) is 0 Å². The lowest BCUT2D eigenvalue weighted by Gasteiger charge is -2.40. The van der Waals surface area contributed by atoms with Crippen molar-refractivity contribution in [3.63, 3.8) is 0 Å². The summed E-state index contributed by atoms with van der Waals surface area (Å²) in [6, 6.07) is 8.13. The van der Waals surface area contributed by atoms with Crippen molar-refractivity contribution >= 4 is 6.03 Å². The highest BCUT2D eigenvalue weighted by molar-refractivity contribution is 5.75. The SMILES string of the molecule is CC1=CCCN(C(=O)NC2CC3(CCNC3)Oc3ccccc32)C1. The van der Waals surface area contributed by atoms with Gasteiger partial charge in [-0.15, -0.1) is 0 Å². The number of hydrogen-bond acceptors (Lipinski definition) is 3. The van der Waals surface area contributed by atoms with Gasteiger partial charge in [-0.25, -0.2) is 4.79 Å². The maximum atomic E-state index is 12.8. The molecule has 2 N–H and O–H groups in total. The summed E-state index contributed by atoms with van der Waals surface area (Å²) in [7, 11) is 0. The number of ether oxygens (including phenoxy) is 1. The molecular formula is C19H25N3O2. The molecule has 4 rings (SSSR count). The van der Waals surface area contributed by atoms with Crippen LogP contribution in [0.25, 0.3) is 0 Å². The van der Waals surface area contributed by atoms with Crippen molar-refractivity contribution in [3.8, 4) is 5.75 Å². The third-order valence-electron chi connectivity index (χ3n) is 5.32. The first kappa shape index (κ1) is 15.5. The number of benzene rings is 1. The van der Waals surface area contributed by atoms with E-state index in [0.717, 1.165) is 56.8 Å². The van der Waals surface area contributed by atoms with Crippen molar-refractivity contribution in [1.29, 1.82) is 0 Å². The monoisotopic (exact) mass is 327 g/mol. The predicted octanol–water partition coefficient (Wildman–Crippen LogP) is 2.60. The Morgan fingerprint density at radius 3 is 3.08 bits per heavy atom. The molecule has 1 saturated heterocycles. The summed E-state index contributed by atoms with van der Waals surface area (Å²) < 4.78 is 6.32. The van der Waals surface area contributed by atoms with E-state index in [2.05, 4.69) is 29.7 Å². The normalized spacial score (nSPS) is 29.0. The average Bonchev–Trinajstić information content (AvgIpc) is 3.02. The van der Waals surface area contributed by atoms with E-state index in [1.54, 1.807) is 0 Å². The molecular weight excluding hydrogens is 302 g/mol. The molecule has 1 aromatic rings. The molecule has 3 heterocycles. The van der Waals surface area contributed by atoms with Crippen LogP contribution >= 0.6 is 0 Å². The number of urea groups is 1. The zero-order chi connectivity index (χ0) is 16.6. The molecule has 2 atom stereocenters. The van der Waals surface area contributed by atoms with Gasteiger partial charge in [-0.2, -0.15) is 0 Å². The van der Waals surface area contributed by atoms with Crippen LogP contribution in [0.4, 0.5) is 4.79 Å². The lowest BCUT2D eigenvalue weighted by Crippen LogP contribution is -2.50. The zero-order valence-corrected chi connectivity index (χ0v) is 14.2. The van der Waals surface area contributed by atoms with Crippen molar-refractivity contribution in [1.82, 2.24) is 15.5 Å². The van der Waals surface area contributed by atoms with E-state index in [9.17, 15) is 4.79 Å². The van der Waals surface area contributed by atoms with Crippen LogP contribution in [0.15, 0.2) is 35.9 Å². The molecule has 5 heteroatoms. The Morgan fingerprint density at radius 1 is 1.42 bits per heavy atom. The van der Waals surface area contributed by atoms with Gasteiger partial charge < -0.3 is 20.3 Å². The molecule has 3 aliphatic heterocycles. The van der Waals surface area contributed by atoms with Gasteiger partial charge in [0.1, 0.15) is 11.4 Å². The number of rotatable bonds is 1. The summed E-state index contributed by atoms with van der Waals surface area (Å²) in [6.07, 6.45) is 4.97. The summed E-state index contributed by atoms with van der Waals surface area (Å²) >= 11 is 0. The maximum Gasteiger partial charge on any atom is 0.318 e. The lowest BCUT2D eigenvalue weighted by atomic mass is 9.86. The number of amides is 2. The molecule has 0 aromatic heterocycles. The van der Waals surface area contributed by atoms with Crippen molar-refractivity contribution in [3.05, 3.63) is 41.5 Å². The van der Waals surface area contributed by atoms with Gasteiger partial charge >= 0.3 is 6.03 Å². The summed E-state index contributed by atoms with van der Waals surface area (Å²) in [5.74, 6) is 0.910. The fraction of sp³-hybridized carbons (Fsp3) is 0.526. The fourth-order valence-electron chi connectivity index (χ4n) is 4.05. The summed E-state index contributed by atoms with van der Waals surface area (Å²) in [4.78, 5) is 14.7. The van der Waals surface area contributed by atoms with E-state index in [1.165, 1.54) is 5.57 Å². The molecule has 2 amide bonds. The van der Waals surface area contributed by atoms with Crippen LogP contribution in [0.5, 0.6) is 5.75 Å². The summed E-state index contributed by atoms with van der Waals surface area (Å²) in [6.45, 7) is 5.42. The van der Waals surface area contributed by atoms with E-state index in [0.29, 0.717) is 0 Å². The lowest BCUT2D eigenvalue weighted by molar-refractivity contribution is 0.0498. The fourth-order valence-corrected chi connectivity index (χ4v) is 4.05. The number of nitrogens with one attached hydrogen (secondary N) is 2. The van der Waals surface area contributed by atoms with Crippen LogP contribution in [0, 0.1) is 0 Å². The second kappa shape index (κ2) is 6.13. The maximum absolute atomic E-state index is 12.8. The van der Waals surface area contributed by atoms with E-state index in [-0.39, 0.29) is 17.7 Å². The number of nitrogens with zero attached hydrogens (tertiary/aromatic N) is 1. The topological polar surface area (TPSA) is 53.6 Å². The third kappa shape index (κ3) is 2.88. The number of carbonyl (C=O) groups excluding carboxylic acids is 1. The Morgan fingerprint density at radius 2 is 2.29 bits per heavy atom. The van der Waals surface area contributed by atoms with E-state index >= 15 is 0 Å². The van der Waals surface area contributed by atoms with Crippen molar-refractivity contribution in [2.75, 3.05) is 26.2 Å². The Balaban J connectivity index is 1.55. The standard InChI is InChI=1S/C19H25N3O2/c1-14-5-4-10-22(12-14)18(23)21-16-11-19(8-9-20-13-19)24-17-7-3-2-6-15(16)17/h2-3,5-7,16,20H,4,8-13H2,1H3,(H,21,23). The van der Waals surface area contributed by atoms with Crippen molar-refractivity contribution in [2.24, 2.45) is 0 Å². The van der Waals surface area contributed by atoms with Crippen LogP contribution < -0.4 is 15.4 Å². The number of carbonyl (C=O) groups is 1. The van der Waals surface area contributed by atoms with Crippen LogP contribution in [0.2, 0.25) is 0 Å². The van der Waals surface area contributed by atoms with Crippen LogP contribution in [-0.4, -0.2) is 42.7 Å². The van der Waals surface area contributed by atoms with Gasteiger partial charge in [-0.3, -0.25) is 0 Å². The number of hydrogen-bond donors (Lipinski definition) is 2. The largest absolute Gasteiger partial charge is 0.485 e. The number of para-hydroxylation sites is 1. The predicted molar refractivity (Wildman–Crippen MR) is 93.1 cm³/mol. The molecule has 0 bridgehead atoms. The molecule has 3 aliphatic rings. The van der Waals surface area contributed by atoms with Gasteiger partial charge in [-0.05, 0) is 26.0 Å². The molecule has 2 unspecified atom stereocenters. The smallest absolute Gasteiger partial charge is 0.318 e. The molecule has 128 valence electrons. The Bertz CT molecular complexity index is 664.